The van der Waals surface area contributed by atoms with Crippen molar-refractivity contribution in [3.05, 3.63) is 35.9 Å². The van der Waals surface area contributed by atoms with Gasteiger partial charge in [-0.25, -0.2) is 13.4 Å². The van der Waals surface area contributed by atoms with E-state index in [0.717, 1.165) is 5.69 Å². The maximum atomic E-state index is 12.2. The first-order valence-electron chi connectivity index (χ1n) is 8.06. The van der Waals surface area contributed by atoms with E-state index >= 15 is 0 Å². The fourth-order valence-corrected chi connectivity index (χ4v) is 4.70. The third kappa shape index (κ3) is 3.98. The van der Waals surface area contributed by atoms with Gasteiger partial charge in [0.2, 0.25) is 0 Å². The topological polar surface area (TPSA) is 105 Å². The summed E-state index contributed by atoms with van der Waals surface area (Å²) < 4.78 is 28.3. The fourth-order valence-electron chi connectivity index (χ4n) is 2.97. The largest absolute Gasteiger partial charge is 0.367 e. The first kappa shape index (κ1) is 17.4. The normalized spacial score (nSPS) is 18.9. The lowest BCUT2D eigenvalue weighted by Gasteiger charge is -2.28. The Labute approximate surface area is 146 Å². The minimum atomic E-state index is -2.95. The highest BCUT2D eigenvalue weighted by atomic mass is 32.2. The number of nitrogens with zero attached hydrogens (tertiary/aromatic N) is 3. The van der Waals surface area contributed by atoms with Gasteiger partial charge in [0.25, 0.3) is 5.91 Å². The van der Waals surface area contributed by atoms with E-state index in [1.165, 1.54) is 0 Å². The summed E-state index contributed by atoms with van der Waals surface area (Å²) in [5, 5.41) is 6.31. The molecule has 0 aliphatic carbocycles. The Morgan fingerprint density at radius 1 is 1.44 bits per heavy atom. The van der Waals surface area contributed by atoms with E-state index in [9.17, 15) is 13.2 Å². The van der Waals surface area contributed by atoms with Crippen LogP contribution in [0.2, 0.25) is 0 Å². The fraction of sp³-hybridized carbons (Fsp3) is 0.438. The molecular formula is C16H20N4O4S. The number of aromatic nitrogens is 2. The zero-order valence-corrected chi connectivity index (χ0v) is 14.9. The third-order valence-corrected chi connectivity index (χ3v) is 5.92. The quantitative estimate of drug-likeness (QED) is 0.860. The summed E-state index contributed by atoms with van der Waals surface area (Å²) in [6.07, 6.45) is 2.21. The molecule has 9 heteroatoms. The van der Waals surface area contributed by atoms with Gasteiger partial charge in [-0.2, -0.15) is 0 Å². The van der Waals surface area contributed by atoms with Crippen molar-refractivity contribution in [1.29, 1.82) is 0 Å². The van der Waals surface area contributed by atoms with Gasteiger partial charge in [0.15, 0.2) is 15.7 Å². The van der Waals surface area contributed by atoms with Crippen molar-refractivity contribution in [2.24, 2.45) is 0 Å². The van der Waals surface area contributed by atoms with E-state index < -0.39 is 9.84 Å². The van der Waals surface area contributed by atoms with Gasteiger partial charge in [-0.3, -0.25) is 4.79 Å². The molecule has 0 spiro atoms. The molecule has 3 heterocycles. The van der Waals surface area contributed by atoms with Crippen LogP contribution < -0.4 is 10.2 Å². The molecule has 8 nitrogen and oxygen atoms in total. The monoisotopic (exact) mass is 364 g/mol. The molecule has 1 atom stereocenters. The van der Waals surface area contributed by atoms with Crippen LogP contribution >= 0.6 is 0 Å². The molecule has 1 amide bonds. The van der Waals surface area contributed by atoms with Crippen molar-refractivity contribution in [3.8, 4) is 0 Å². The number of anilines is 2. The number of nitrogens with one attached hydrogen (secondary N) is 1. The van der Waals surface area contributed by atoms with E-state index in [1.54, 1.807) is 31.3 Å². The predicted octanol–water partition coefficient (Wildman–Crippen LogP) is 1.64. The Bertz CT molecular complexity index is 861. The highest BCUT2D eigenvalue weighted by molar-refractivity contribution is 7.91. The van der Waals surface area contributed by atoms with Crippen LogP contribution in [0, 0.1) is 6.92 Å². The highest BCUT2D eigenvalue weighted by Gasteiger charge is 2.32. The van der Waals surface area contributed by atoms with Gasteiger partial charge >= 0.3 is 0 Å². The number of rotatable bonds is 5. The van der Waals surface area contributed by atoms with E-state index in [-0.39, 0.29) is 29.1 Å². The van der Waals surface area contributed by atoms with Crippen molar-refractivity contribution in [1.82, 2.24) is 10.1 Å². The van der Waals surface area contributed by atoms with Gasteiger partial charge in [-0.15, -0.1) is 0 Å². The van der Waals surface area contributed by atoms with Crippen molar-refractivity contribution in [2.45, 2.75) is 26.3 Å². The molecule has 0 bridgehead atoms. The summed E-state index contributed by atoms with van der Waals surface area (Å²) in [7, 11) is -2.95. The van der Waals surface area contributed by atoms with Crippen LogP contribution in [0.4, 0.5) is 11.5 Å². The van der Waals surface area contributed by atoms with Crippen molar-refractivity contribution >= 4 is 27.2 Å². The Hall–Kier alpha value is -2.42. The minimum absolute atomic E-state index is 0.0467. The summed E-state index contributed by atoms with van der Waals surface area (Å²) in [6.45, 7) is 4.38. The molecule has 134 valence electrons. The number of aryl methyl sites for hydroxylation is 1. The van der Waals surface area contributed by atoms with Crippen LogP contribution in [-0.2, 0) is 9.84 Å². The average molecular weight is 364 g/mol. The smallest absolute Gasteiger partial charge is 0.275 e. The highest BCUT2D eigenvalue weighted by Crippen LogP contribution is 2.24. The standard InChI is InChI=1S/C16H20N4O4S/c1-3-20(13-6-7-25(22,23)10-13)12-4-5-14(17-9-12)16(21)18-15-8-11(2)24-19-15/h4-5,8-9,13H,3,6-7,10H2,1-2H3,(H,18,19,21). The van der Waals surface area contributed by atoms with Gasteiger partial charge in [0.05, 0.1) is 23.4 Å². The lowest BCUT2D eigenvalue weighted by molar-refractivity contribution is 0.102. The van der Waals surface area contributed by atoms with Gasteiger partial charge in [-0.05, 0) is 32.4 Å². The van der Waals surface area contributed by atoms with Crippen LogP contribution in [0.15, 0.2) is 28.9 Å². The summed E-state index contributed by atoms with van der Waals surface area (Å²) in [4.78, 5) is 18.4. The van der Waals surface area contributed by atoms with E-state index in [0.29, 0.717) is 24.5 Å². The number of hydrogen-bond donors (Lipinski definition) is 1. The molecule has 2 aromatic heterocycles. The number of amides is 1. The Kier molecular flexibility index (Phi) is 4.76. The number of carbonyl (C=O) groups is 1. The number of pyridine rings is 1. The van der Waals surface area contributed by atoms with Crippen LogP contribution in [0.25, 0.3) is 0 Å². The molecule has 1 N–H and O–H groups in total. The predicted molar refractivity (Wildman–Crippen MR) is 93.5 cm³/mol. The van der Waals surface area contributed by atoms with Gasteiger partial charge < -0.3 is 14.7 Å². The first-order chi connectivity index (χ1) is 11.9. The molecule has 1 fully saturated rings. The maximum absolute atomic E-state index is 12.2. The minimum Gasteiger partial charge on any atom is -0.367 e. The molecule has 1 saturated heterocycles. The second kappa shape index (κ2) is 6.83. The zero-order chi connectivity index (χ0) is 18.0. The van der Waals surface area contributed by atoms with Gasteiger partial charge in [0.1, 0.15) is 11.5 Å². The Balaban J connectivity index is 1.71. The van der Waals surface area contributed by atoms with Crippen LogP contribution in [0.3, 0.4) is 0 Å². The summed E-state index contributed by atoms with van der Waals surface area (Å²) >= 11 is 0. The summed E-state index contributed by atoms with van der Waals surface area (Å²) in [5.41, 5.74) is 1.05. The molecule has 0 aromatic carbocycles. The number of sulfone groups is 1. The second-order valence-corrected chi connectivity index (χ2v) is 8.25. The van der Waals surface area contributed by atoms with Crippen molar-refractivity contribution in [3.63, 3.8) is 0 Å². The maximum Gasteiger partial charge on any atom is 0.275 e. The molecule has 1 aliphatic heterocycles. The molecule has 2 aromatic rings. The lowest BCUT2D eigenvalue weighted by Crippen LogP contribution is -2.36. The SMILES string of the molecule is CCN(c1ccc(C(=O)Nc2cc(C)on2)nc1)C1CCS(=O)(=O)C1. The van der Waals surface area contributed by atoms with Gasteiger partial charge in [-0.1, -0.05) is 5.16 Å². The molecule has 0 saturated carbocycles. The molecule has 1 unspecified atom stereocenters. The van der Waals surface area contributed by atoms with Crippen LogP contribution in [-0.4, -0.2) is 48.6 Å². The third-order valence-electron chi connectivity index (χ3n) is 4.17. The zero-order valence-electron chi connectivity index (χ0n) is 14.1. The molecule has 25 heavy (non-hydrogen) atoms. The number of carbonyl (C=O) groups excluding carboxylic acids is 1. The van der Waals surface area contributed by atoms with Crippen LogP contribution in [0.5, 0.6) is 0 Å². The average Bonchev–Trinajstić information content (AvgIpc) is 3.14. The molecule has 1 aliphatic rings. The van der Waals surface area contributed by atoms with Crippen molar-refractivity contribution < 1.29 is 17.7 Å². The van der Waals surface area contributed by atoms with E-state index in [4.69, 9.17) is 4.52 Å². The first-order valence-corrected chi connectivity index (χ1v) is 9.88. The molecule has 0 radical (unpaired) electrons. The Morgan fingerprint density at radius 3 is 2.76 bits per heavy atom. The lowest BCUT2D eigenvalue weighted by atomic mass is 10.2. The van der Waals surface area contributed by atoms with Crippen LogP contribution in [0.1, 0.15) is 29.6 Å². The van der Waals surface area contributed by atoms with E-state index in [1.807, 2.05) is 11.8 Å². The number of hydrogen-bond acceptors (Lipinski definition) is 7. The molecular weight excluding hydrogens is 344 g/mol. The van der Waals surface area contributed by atoms with Gasteiger partial charge in [0, 0.05) is 18.7 Å². The molecule has 3 rings (SSSR count). The summed E-state index contributed by atoms with van der Waals surface area (Å²) in [6, 6.07) is 4.97. The second-order valence-electron chi connectivity index (χ2n) is 6.02. The van der Waals surface area contributed by atoms with Crippen molar-refractivity contribution in [2.75, 3.05) is 28.3 Å². The summed E-state index contributed by atoms with van der Waals surface area (Å²) in [5.74, 6) is 0.933. The Morgan fingerprint density at radius 2 is 2.24 bits per heavy atom. The van der Waals surface area contributed by atoms with E-state index in [2.05, 4.69) is 15.5 Å².